The van der Waals surface area contributed by atoms with E-state index in [-0.39, 0.29) is 11.9 Å². The van der Waals surface area contributed by atoms with Crippen LogP contribution in [0.4, 0.5) is 5.69 Å². The third-order valence-corrected chi connectivity index (χ3v) is 8.12. The molecule has 1 fully saturated rings. The predicted octanol–water partition coefficient (Wildman–Crippen LogP) is 2.67. The average molecular weight is 428 g/mol. The van der Waals surface area contributed by atoms with Crippen LogP contribution in [0.1, 0.15) is 24.5 Å². The van der Waals surface area contributed by atoms with Gasteiger partial charge in [0.2, 0.25) is 15.9 Å². The molecule has 0 aliphatic carbocycles. The Morgan fingerprint density at radius 3 is 2.43 bits per heavy atom. The van der Waals surface area contributed by atoms with Gasteiger partial charge in [0.25, 0.3) is 0 Å². The van der Waals surface area contributed by atoms with E-state index >= 15 is 0 Å². The first-order chi connectivity index (χ1) is 14.4. The summed E-state index contributed by atoms with van der Waals surface area (Å²) >= 11 is 0. The molecule has 1 amide bonds. The molecule has 2 heterocycles. The van der Waals surface area contributed by atoms with Crippen LogP contribution in [-0.2, 0) is 21.2 Å². The second kappa shape index (κ2) is 8.49. The zero-order valence-electron chi connectivity index (χ0n) is 17.6. The molecule has 0 aromatic heterocycles. The first kappa shape index (κ1) is 21.0. The predicted molar refractivity (Wildman–Crippen MR) is 118 cm³/mol. The number of para-hydroxylation sites is 1. The van der Waals surface area contributed by atoms with Gasteiger partial charge < -0.3 is 4.90 Å². The van der Waals surface area contributed by atoms with Gasteiger partial charge in [0, 0.05) is 38.4 Å². The molecule has 6 nitrogen and oxygen atoms in total. The van der Waals surface area contributed by atoms with Crippen LogP contribution < -0.4 is 4.90 Å². The number of amides is 1. The number of carbonyl (C=O) groups is 1. The number of carbonyl (C=O) groups excluding carboxylic acids is 1. The summed E-state index contributed by atoms with van der Waals surface area (Å²) in [5.41, 5.74) is 3.25. The highest BCUT2D eigenvalue weighted by Gasteiger charge is 2.33. The van der Waals surface area contributed by atoms with Gasteiger partial charge in [-0.25, -0.2) is 8.42 Å². The Balaban J connectivity index is 1.44. The SMILES string of the molecule is Cc1ccc(S(=O)(=O)N2CCCN(C(C)C(=O)N3CCc4ccccc43)CC2)cc1. The molecule has 0 radical (unpaired) electrons. The summed E-state index contributed by atoms with van der Waals surface area (Å²) < 4.78 is 27.6. The van der Waals surface area contributed by atoms with E-state index in [9.17, 15) is 13.2 Å². The maximum absolute atomic E-state index is 13.2. The lowest BCUT2D eigenvalue weighted by Gasteiger charge is -2.30. The molecular weight excluding hydrogens is 398 g/mol. The van der Waals surface area contributed by atoms with Crippen molar-refractivity contribution in [1.29, 1.82) is 0 Å². The van der Waals surface area contributed by atoms with Gasteiger partial charge in [0.1, 0.15) is 0 Å². The number of anilines is 1. The van der Waals surface area contributed by atoms with Gasteiger partial charge in [-0.05, 0) is 50.5 Å². The molecule has 160 valence electrons. The van der Waals surface area contributed by atoms with E-state index in [2.05, 4.69) is 11.0 Å². The minimum absolute atomic E-state index is 0.0924. The van der Waals surface area contributed by atoms with Crippen molar-refractivity contribution in [3.63, 3.8) is 0 Å². The van der Waals surface area contributed by atoms with E-state index in [1.165, 1.54) is 5.56 Å². The second-order valence-corrected chi connectivity index (χ2v) is 10.1. The van der Waals surface area contributed by atoms with Crippen LogP contribution in [-0.4, -0.2) is 62.3 Å². The zero-order valence-corrected chi connectivity index (χ0v) is 18.4. The molecule has 30 heavy (non-hydrogen) atoms. The lowest BCUT2D eigenvalue weighted by Crippen LogP contribution is -2.48. The summed E-state index contributed by atoms with van der Waals surface area (Å²) in [6, 6.07) is 14.8. The second-order valence-electron chi connectivity index (χ2n) is 8.15. The van der Waals surface area contributed by atoms with Crippen molar-refractivity contribution in [2.45, 2.75) is 37.6 Å². The van der Waals surface area contributed by atoms with Crippen LogP contribution in [0.2, 0.25) is 0 Å². The quantitative estimate of drug-likeness (QED) is 0.753. The maximum Gasteiger partial charge on any atom is 0.244 e. The van der Waals surface area contributed by atoms with E-state index in [1.807, 2.05) is 49.1 Å². The summed E-state index contributed by atoms with van der Waals surface area (Å²) in [6.45, 7) is 6.72. The van der Waals surface area contributed by atoms with Crippen molar-refractivity contribution in [3.05, 3.63) is 59.7 Å². The number of hydrogen-bond donors (Lipinski definition) is 0. The highest BCUT2D eigenvalue weighted by Crippen LogP contribution is 2.29. The van der Waals surface area contributed by atoms with Gasteiger partial charge in [-0.15, -0.1) is 0 Å². The summed E-state index contributed by atoms with van der Waals surface area (Å²) in [7, 11) is -3.52. The van der Waals surface area contributed by atoms with E-state index in [0.717, 1.165) is 17.7 Å². The van der Waals surface area contributed by atoms with Crippen LogP contribution in [0.15, 0.2) is 53.4 Å². The first-order valence-electron chi connectivity index (χ1n) is 10.6. The van der Waals surface area contributed by atoms with Crippen molar-refractivity contribution in [3.8, 4) is 0 Å². The van der Waals surface area contributed by atoms with E-state index < -0.39 is 10.0 Å². The largest absolute Gasteiger partial charge is 0.310 e. The standard InChI is InChI=1S/C23H29N3O3S/c1-18-8-10-21(11-9-18)30(28,29)25-14-5-13-24(16-17-25)19(2)23(27)26-15-12-20-6-3-4-7-22(20)26/h3-4,6-11,19H,5,12-17H2,1-2H3. The Kier molecular flexibility index (Phi) is 5.95. The number of nitrogens with zero attached hydrogens (tertiary/aromatic N) is 3. The van der Waals surface area contributed by atoms with Crippen LogP contribution in [0.5, 0.6) is 0 Å². The fourth-order valence-electron chi connectivity index (χ4n) is 4.35. The number of sulfonamides is 1. The number of aryl methyl sites for hydroxylation is 1. The van der Waals surface area contributed by atoms with Gasteiger partial charge in [-0.2, -0.15) is 4.31 Å². The minimum atomic E-state index is -3.52. The smallest absolute Gasteiger partial charge is 0.244 e. The van der Waals surface area contributed by atoms with E-state index in [1.54, 1.807) is 16.4 Å². The van der Waals surface area contributed by atoms with Crippen LogP contribution in [0, 0.1) is 6.92 Å². The molecule has 2 aliphatic heterocycles. The van der Waals surface area contributed by atoms with Crippen LogP contribution in [0.25, 0.3) is 0 Å². The lowest BCUT2D eigenvalue weighted by atomic mass is 10.1. The Hall–Kier alpha value is -2.22. The van der Waals surface area contributed by atoms with Crippen molar-refractivity contribution in [2.24, 2.45) is 0 Å². The molecule has 1 saturated heterocycles. The third-order valence-electron chi connectivity index (χ3n) is 6.21. The minimum Gasteiger partial charge on any atom is -0.310 e. The molecule has 2 aliphatic rings. The third kappa shape index (κ3) is 4.02. The molecule has 0 bridgehead atoms. The zero-order chi connectivity index (χ0) is 21.3. The summed E-state index contributed by atoms with van der Waals surface area (Å²) in [5, 5.41) is 0. The van der Waals surface area contributed by atoms with Gasteiger partial charge in [0.05, 0.1) is 10.9 Å². The molecule has 2 aromatic rings. The number of hydrogen-bond acceptors (Lipinski definition) is 4. The van der Waals surface area contributed by atoms with Crippen molar-refractivity contribution < 1.29 is 13.2 Å². The topological polar surface area (TPSA) is 60.9 Å². The Bertz CT molecular complexity index is 1020. The van der Waals surface area contributed by atoms with E-state index in [0.29, 0.717) is 44.0 Å². The van der Waals surface area contributed by atoms with Gasteiger partial charge >= 0.3 is 0 Å². The number of rotatable bonds is 4. The Labute approximate surface area is 179 Å². The van der Waals surface area contributed by atoms with E-state index in [4.69, 9.17) is 0 Å². The monoisotopic (exact) mass is 427 g/mol. The molecule has 0 spiro atoms. The van der Waals surface area contributed by atoms with Gasteiger partial charge in [-0.3, -0.25) is 9.69 Å². The Morgan fingerprint density at radius 2 is 1.67 bits per heavy atom. The van der Waals surface area contributed by atoms with Gasteiger partial charge in [-0.1, -0.05) is 35.9 Å². The summed E-state index contributed by atoms with van der Waals surface area (Å²) in [6.07, 6.45) is 1.59. The lowest BCUT2D eigenvalue weighted by molar-refractivity contribution is -0.123. The first-order valence-corrected chi connectivity index (χ1v) is 12.0. The molecule has 7 heteroatoms. The number of benzene rings is 2. The highest BCUT2D eigenvalue weighted by molar-refractivity contribution is 7.89. The molecule has 4 rings (SSSR count). The molecule has 1 unspecified atom stereocenters. The maximum atomic E-state index is 13.2. The van der Waals surface area contributed by atoms with Crippen LogP contribution >= 0.6 is 0 Å². The fourth-order valence-corrected chi connectivity index (χ4v) is 5.82. The molecular formula is C23H29N3O3S. The van der Waals surface area contributed by atoms with Crippen molar-refractivity contribution in [2.75, 3.05) is 37.6 Å². The fraction of sp³-hybridized carbons (Fsp3) is 0.435. The molecule has 2 aromatic carbocycles. The average Bonchev–Trinajstić information content (AvgIpc) is 3.01. The molecule has 0 N–H and O–H groups in total. The van der Waals surface area contributed by atoms with Crippen molar-refractivity contribution in [1.82, 2.24) is 9.21 Å². The molecule has 0 saturated carbocycles. The molecule has 1 atom stereocenters. The van der Waals surface area contributed by atoms with Crippen LogP contribution in [0.3, 0.4) is 0 Å². The highest BCUT2D eigenvalue weighted by atomic mass is 32.2. The normalized spacial score (nSPS) is 19.3. The summed E-state index contributed by atoms with van der Waals surface area (Å²) in [5.74, 6) is 0.0924. The Morgan fingerprint density at radius 1 is 0.933 bits per heavy atom. The van der Waals surface area contributed by atoms with Crippen molar-refractivity contribution >= 4 is 21.6 Å². The van der Waals surface area contributed by atoms with Gasteiger partial charge in [0.15, 0.2) is 0 Å². The number of fused-ring (bicyclic) bond motifs is 1. The summed E-state index contributed by atoms with van der Waals surface area (Å²) in [4.78, 5) is 17.5.